The molecule has 1 saturated carbocycles. The summed E-state index contributed by atoms with van der Waals surface area (Å²) in [4.78, 5) is 13.1. The summed E-state index contributed by atoms with van der Waals surface area (Å²) in [6.07, 6.45) is 5.75. The van der Waals surface area contributed by atoms with Crippen molar-refractivity contribution in [1.29, 1.82) is 0 Å². The molecule has 0 bridgehead atoms. The van der Waals surface area contributed by atoms with Crippen molar-refractivity contribution in [2.24, 2.45) is 22.2 Å². The van der Waals surface area contributed by atoms with Gasteiger partial charge < -0.3 is 4.74 Å². The smallest absolute Gasteiger partial charge is 0.312 e. The largest absolute Gasteiger partial charge is 0.459 e. The van der Waals surface area contributed by atoms with E-state index in [1.54, 1.807) is 0 Å². The van der Waals surface area contributed by atoms with Gasteiger partial charge >= 0.3 is 5.97 Å². The Morgan fingerprint density at radius 2 is 1.36 bits per heavy atom. The normalized spacial score (nSPS) is 20.8. The Bertz CT molecular complexity index is 389. The van der Waals surface area contributed by atoms with Gasteiger partial charge in [0.1, 0.15) is 5.60 Å². The fourth-order valence-electron chi connectivity index (χ4n) is 3.76. The Morgan fingerprint density at radius 3 is 1.73 bits per heavy atom. The second-order valence-electron chi connectivity index (χ2n) is 10.3. The monoisotopic (exact) mass is 310 g/mol. The Hall–Kier alpha value is -0.530. The molecule has 0 aromatic rings. The maximum absolute atomic E-state index is 13.1. The van der Waals surface area contributed by atoms with Crippen LogP contribution in [0, 0.1) is 22.2 Å². The van der Waals surface area contributed by atoms with E-state index in [0.717, 1.165) is 6.42 Å². The lowest BCUT2D eigenvalue weighted by Crippen LogP contribution is -2.48. The van der Waals surface area contributed by atoms with Crippen molar-refractivity contribution in [3.05, 3.63) is 0 Å². The van der Waals surface area contributed by atoms with E-state index in [0.29, 0.717) is 5.92 Å². The van der Waals surface area contributed by atoms with E-state index in [2.05, 4.69) is 62.3 Å². The highest BCUT2D eigenvalue weighted by molar-refractivity contribution is 5.78. The average molecular weight is 311 g/mol. The first kappa shape index (κ1) is 19.5. The number of esters is 1. The van der Waals surface area contributed by atoms with Crippen LogP contribution in [0.5, 0.6) is 0 Å². The molecule has 1 unspecified atom stereocenters. The van der Waals surface area contributed by atoms with Crippen LogP contribution in [0.4, 0.5) is 0 Å². The first-order chi connectivity index (χ1) is 9.69. The molecule has 2 heteroatoms. The zero-order valence-corrected chi connectivity index (χ0v) is 16.4. The van der Waals surface area contributed by atoms with Gasteiger partial charge in [-0.15, -0.1) is 0 Å². The number of carbonyl (C=O) groups excluding carboxylic acids is 1. The van der Waals surface area contributed by atoms with Gasteiger partial charge in [0.25, 0.3) is 0 Å². The van der Waals surface area contributed by atoms with Crippen LogP contribution in [-0.4, -0.2) is 11.6 Å². The third kappa shape index (κ3) is 4.49. The predicted octanol–water partition coefficient (Wildman–Crippen LogP) is 5.99. The number of carbonyl (C=O) groups is 1. The number of ether oxygens (including phenoxy) is 1. The Morgan fingerprint density at radius 1 is 0.909 bits per heavy atom. The van der Waals surface area contributed by atoms with E-state index in [9.17, 15) is 4.79 Å². The molecule has 1 atom stereocenters. The molecule has 0 saturated heterocycles. The molecule has 2 nitrogen and oxygen atoms in total. The summed E-state index contributed by atoms with van der Waals surface area (Å²) >= 11 is 0. The summed E-state index contributed by atoms with van der Waals surface area (Å²) < 4.78 is 6.12. The predicted molar refractivity (Wildman–Crippen MR) is 93.8 cm³/mol. The van der Waals surface area contributed by atoms with Crippen LogP contribution in [0.25, 0.3) is 0 Å². The third-order valence-electron chi connectivity index (χ3n) is 5.68. The summed E-state index contributed by atoms with van der Waals surface area (Å²) in [7, 11) is 0. The molecule has 1 aliphatic carbocycles. The zero-order valence-electron chi connectivity index (χ0n) is 16.4. The van der Waals surface area contributed by atoms with Crippen molar-refractivity contribution in [3.8, 4) is 0 Å². The molecule has 0 heterocycles. The van der Waals surface area contributed by atoms with Crippen LogP contribution in [0.3, 0.4) is 0 Å². The lowest BCUT2D eigenvalue weighted by Gasteiger charge is -2.45. The van der Waals surface area contributed by atoms with Crippen molar-refractivity contribution in [2.45, 2.75) is 100 Å². The lowest BCUT2D eigenvalue weighted by atomic mass is 9.61. The summed E-state index contributed by atoms with van der Waals surface area (Å²) in [6, 6.07) is 0. The van der Waals surface area contributed by atoms with Gasteiger partial charge in [-0.1, -0.05) is 54.4 Å². The SMILES string of the molecule is CC(C)(C)CC(C)(C(=O)OC(C)(C)C1CCCC1)C(C)(C)C. The van der Waals surface area contributed by atoms with Gasteiger partial charge in [-0.05, 0) is 56.8 Å². The molecule has 1 fully saturated rings. The van der Waals surface area contributed by atoms with Gasteiger partial charge in [0.05, 0.1) is 5.41 Å². The van der Waals surface area contributed by atoms with Gasteiger partial charge in [0.15, 0.2) is 0 Å². The molecule has 0 N–H and O–H groups in total. The van der Waals surface area contributed by atoms with E-state index in [1.807, 2.05) is 0 Å². The summed E-state index contributed by atoms with van der Waals surface area (Å²) in [6.45, 7) is 19.4. The van der Waals surface area contributed by atoms with Crippen LogP contribution < -0.4 is 0 Å². The Kier molecular flexibility index (Phi) is 5.47. The number of hydrogen-bond donors (Lipinski definition) is 0. The number of hydrogen-bond acceptors (Lipinski definition) is 2. The maximum atomic E-state index is 13.1. The second kappa shape index (κ2) is 6.17. The molecule has 0 amide bonds. The Labute approximate surface area is 138 Å². The molecule has 0 radical (unpaired) electrons. The first-order valence-corrected chi connectivity index (χ1v) is 8.92. The van der Waals surface area contributed by atoms with Gasteiger partial charge in [-0.2, -0.15) is 0 Å². The Balaban J connectivity index is 2.98. The van der Waals surface area contributed by atoms with Gasteiger partial charge in [-0.3, -0.25) is 4.79 Å². The van der Waals surface area contributed by atoms with Gasteiger partial charge in [0, 0.05) is 0 Å². The van der Waals surface area contributed by atoms with Crippen LogP contribution in [0.15, 0.2) is 0 Å². The van der Waals surface area contributed by atoms with Crippen LogP contribution in [0.1, 0.15) is 94.4 Å². The lowest BCUT2D eigenvalue weighted by molar-refractivity contribution is -0.183. The molecular weight excluding hydrogens is 272 g/mol. The highest BCUT2D eigenvalue weighted by atomic mass is 16.6. The molecule has 1 aliphatic rings. The molecule has 130 valence electrons. The summed E-state index contributed by atoms with van der Waals surface area (Å²) in [5.74, 6) is 0.488. The first-order valence-electron chi connectivity index (χ1n) is 8.92. The minimum absolute atomic E-state index is 0.0215. The maximum Gasteiger partial charge on any atom is 0.312 e. The second-order valence-corrected chi connectivity index (χ2v) is 10.3. The van der Waals surface area contributed by atoms with E-state index in [-0.39, 0.29) is 22.4 Å². The van der Waals surface area contributed by atoms with Crippen molar-refractivity contribution in [3.63, 3.8) is 0 Å². The summed E-state index contributed by atoms with van der Waals surface area (Å²) in [5.41, 5.74) is -0.846. The average Bonchev–Trinajstić information content (AvgIpc) is 2.77. The highest BCUT2D eigenvalue weighted by Gasteiger charge is 2.50. The quantitative estimate of drug-likeness (QED) is 0.596. The van der Waals surface area contributed by atoms with Crippen LogP contribution >= 0.6 is 0 Å². The molecule has 0 aromatic heterocycles. The van der Waals surface area contributed by atoms with E-state index in [4.69, 9.17) is 4.74 Å². The topological polar surface area (TPSA) is 26.3 Å². The fraction of sp³-hybridized carbons (Fsp3) is 0.950. The molecule has 0 spiro atoms. The molecular formula is C20H38O2. The molecule has 1 rings (SSSR count). The molecule has 0 aromatic carbocycles. The third-order valence-corrected chi connectivity index (χ3v) is 5.68. The van der Waals surface area contributed by atoms with Crippen molar-refractivity contribution in [1.82, 2.24) is 0 Å². The fourth-order valence-corrected chi connectivity index (χ4v) is 3.76. The minimum Gasteiger partial charge on any atom is -0.459 e. The van der Waals surface area contributed by atoms with E-state index in [1.165, 1.54) is 25.7 Å². The minimum atomic E-state index is -0.471. The number of rotatable bonds is 4. The van der Waals surface area contributed by atoms with Crippen molar-refractivity contribution >= 4 is 5.97 Å². The van der Waals surface area contributed by atoms with Crippen molar-refractivity contribution < 1.29 is 9.53 Å². The summed E-state index contributed by atoms with van der Waals surface area (Å²) in [5, 5.41) is 0. The highest BCUT2D eigenvalue weighted by Crippen LogP contribution is 2.49. The van der Waals surface area contributed by atoms with Crippen LogP contribution in [-0.2, 0) is 9.53 Å². The standard InChI is InChI=1S/C20H38O2/c1-17(2,3)14-20(9,18(4,5)6)16(21)22-19(7,8)15-12-10-11-13-15/h15H,10-14H2,1-9H3. The van der Waals surface area contributed by atoms with Gasteiger partial charge in [0.2, 0.25) is 0 Å². The van der Waals surface area contributed by atoms with E-state index >= 15 is 0 Å². The zero-order chi connectivity index (χ0) is 17.4. The van der Waals surface area contributed by atoms with E-state index < -0.39 is 5.41 Å². The van der Waals surface area contributed by atoms with Crippen LogP contribution in [0.2, 0.25) is 0 Å². The van der Waals surface area contributed by atoms with Gasteiger partial charge in [-0.25, -0.2) is 0 Å². The van der Waals surface area contributed by atoms with Crippen molar-refractivity contribution in [2.75, 3.05) is 0 Å². The molecule has 22 heavy (non-hydrogen) atoms. The molecule has 0 aliphatic heterocycles.